The Morgan fingerprint density at radius 2 is 2.28 bits per heavy atom. The Balaban J connectivity index is 2.27. The van der Waals surface area contributed by atoms with Gasteiger partial charge in [-0.1, -0.05) is 36.6 Å². The molecule has 0 bridgehead atoms. The predicted molar refractivity (Wildman–Crippen MR) is 76.8 cm³/mol. The van der Waals surface area contributed by atoms with Gasteiger partial charge in [0.05, 0.1) is 16.8 Å². The molecule has 1 aliphatic carbocycles. The zero-order chi connectivity index (χ0) is 12.8. The van der Waals surface area contributed by atoms with Crippen molar-refractivity contribution in [1.29, 1.82) is 0 Å². The van der Waals surface area contributed by atoms with E-state index in [4.69, 9.17) is 11.6 Å². The van der Waals surface area contributed by atoms with E-state index in [0.717, 1.165) is 23.7 Å². The molecule has 0 saturated carbocycles. The second kappa shape index (κ2) is 6.91. The molecule has 0 radical (unpaired) electrons. The minimum Gasteiger partial charge on any atom is -0.305 e. The number of hydrogen-bond donors (Lipinski definition) is 1. The van der Waals surface area contributed by atoms with Crippen molar-refractivity contribution in [3.8, 4) is 0 Å². The van der Waals surface area contributed by atoms with E-state index < -0.39 is 0 Å². The van der Waals surface area contributed by atoms with Gasteiger partial charge in [0.1, 0.15) is 0 Å². The first-order valence-corrected chi connectivity index (χ1v) is 7.23. The van der Waals surface area contributed by atoms with E-state index in [-0.39, 0.29) is 6.04 Å². The molecule has 0 amide bonds. The van der Waals surface area contributed by atoms with Crippen LogP contribution in [-0.2, 0) is 0 Å². The van der Waals surface area contributed by atoms with E-state index in [9.17, 15) is 0 Å². The minimum absolute atomic E-state index is 0.182. The van der Waals surface area contributed by atoms with Crippen LogP contribution >= 0.6 is 11.6 Å². The van der Waals surface area contributed by atoms with Gasteiger partial charge in [-0.25, -0.2) is 0 Å². The van der Waals surface area contributed by atoms with E-state index in [1.807, 2.05) is 18.3 Å². The van der Waals surface area contributed by atoms with Gasteiger partial charge in [0.25, 0.3) is 0 Å². The van der Waals surface area contributed by atoms with E-state index in [2.05, 4.69) is 23.3 Å². The number of nitrogens with zero attached hydrogens (tertiary/aromatic N) is 1. The minimum atomic E-state index is 0.182. The summed E-state index contributed by atoms with van der Waals surface area (Å²) in [6.45, 7) is 3.05. The standard InChI is InChI=1S/C15H21ClN2/c1-2-17-14(12-8-5-3-4-6-9-12)15-13(16)10-7-11-18-15/h7-8,10-11,14,17H,2-6,9H2,1H3. The average molecular weight is 265 g/mol. The van der Waals surface area contributed by atoms with Crippen molar-refractivity contribution >= 4 is 11.6 Å². The van der Waals surface area contributed by atoms with Gasteiger partial charge < -0.3 is 5.32 Å². The van der Waals surface area contributed by atoms with Crippen LogP contribution < -0.4 is 5.32 Å². The Morgan fingerprint density at radius 1 is 1.39 bits per heavy atom. The van der Waals surface area contributed by atoms with Crippen LogP contribution in [0.4, 0.5) is 0 Å². The summed E-state index contributed by atoms with van der Waals surface area (Å²) in [6, 6.07) is 3.99. The van der Waals surface area contributed by atoms with Crippen LogP contribution in [0.5, 0.6) is 0 Å². The third-order valence-electron chi connectivity index (χ3n) is 3.42. The van der Waals surface area contributed by atoms with Gasteiger partial charge in [-0.05, 0) is 44.4 Å². The van der Waals surface area contributed by atoms with Crippen LogP contribution in [0, 0.1) is 0 Å². The summed E-state index contributed by atoms with van der Waals surface area (Å²) >= 11 is 6.29. The summed E-state index contributed by atoms with van der Waals surface area (Å²) < 4.78 is 0. The molecule has 1 N–H and O–H groups in total. The van der Waals surface area contributed by atoms with Gasteiger partial charge in [-0.3, -0.25) is 4.98 Å². The maximum Gasteiger partial charge on any atom is 0.0801 e. The molecular formula is C15H21ClN2. The number of nitrogens with one attached hydrogen (secondary N) is 1. The number of hydrogen-bond acceptors (Lipinski definition) is 2. The first-order chi connectivity index (χ1) is 8.83. The monoisotopic (exact) mass is 264 g/mol. The molecule has 1 aromatic rings. The van der Waals surface area contributed by atoms with Crippen molar-refractivity contribution in [2.75, 3.05) is 6.54 Å². The fourth-order valence-electron chi connectivity index (χ4n) is 2.52. The maximum absolute atomic E-state index is 6.29. The summed E-state index contributed by atoms with van der Waals surface area (Å²) in [5.74, 6) is 0. The van der Waals surface area contributed by atoms with Crippen LogP contribution in [0.15, 0.2) is 30.0 Å². The normalized spacial score (nSPS) is 18.0. The lowest BCUT2D eigenvalue weighted by Gasteiger charge is -2.21. The number of likely N-dealkylation sites (N-methyl/N-ethyl adjacent to an activating group) is 1. The largest absolute Gasteiger partial charge is 0.305 e. The maximum atomic E-state index is 6.29. The summed E-state index contributed by atoms with van der Waals surface area (Å²) in [7, 11) is 0. The molecule has 1 unspecified atom stereocenters. The molecule has 2 rings (SSSR count). The summed E-state index contributed by atoms with van der Waals surface area (Å²) in [5.41, 5.74) is 2.42. The second-order valence-corrected chi connectivity index (χ2v) is 5.15. The number of allylic oxidation sites excluding steroid dienone is 1. The molecule has 1 aliphatic rings. The highest BCUT2D eigenvalue weighted by molar-refractivity contribution is 6.31. The van der Waals surface area contributed by atoms with E-state index in [0.29, 0.717) is 0 Å². The number of rotatable bonds is 4. The fraction of sp³-hybridized carbons (Fsp3) is 0.533. The molecule has 3 heteroatoms. The van der Waals surface area contributed by atoms with Crippen LogP contribution in [0.1, 0.15) is 50.8 Å². The average Bonchev–Trinajstić information content (AvgIpc) is 2.66. The Morgan fingerprint density at radius 3 is 3.06 bits per heavy atom. The van der Waals surface area contributed by atoms with Crippen molar-refractivity contribution in [2.24, 2.45) is 0 Å². The topological polar surface area (TPSA) is 24.9 Å². The van der Waals surface area contributed by atoms with E-state index in [1.54, 1.807) is 0 Å². The molecule has 0 spiro atoms. The van der Waals surface area contributed by atoms with Crippen LogP contribution in [0.3, 0.4) is 0 Å². The SMILES string of the molecule is CCNC(C1=CCCCCC1)c1ncccc1Cl. The smallest absolute Gasteiger partial charge is 0.0801 e. The molecule has 0 saturated heterocycles. The number of halogens is 1. The van der Waals surface area contributed by atoms with Gasteiger partial charge in [0.15, 0.2) is 0 Å². The molecular weight excluding hydrogens is 244 g/mol. The first-order valence-electron chi connectivity index (χ1n) is 6.85. The Bertz CT molecular complexity index is 415. The summed E-state index contributed by atoms with van der Waals surface area (Å²) in [6.07, 6.45) is 10.5. The molecule has 0 aliphatic heterocycles. The van der Waals surface area contributed by atoms with Crippen LogP contribution in [0.25, 0.3) is 0 Å². The molecule has 1 atom stereocenters. The highest BCUT2D eigenvalue weighted by atomic mass is 35.5. The number of aromatic nitrogens is 1. The van der Waals surface area contributed by atoms with Crippen molar-refractivity contribution in [3.63, 3.8) is 0 Å². The molecule has 2 nitrogen and oxygen atoms in total. The van der Waals surface area contributed by atoms with Crippen molar-refractivity contribution in [1.82, 2.24) is 10.3 Å². The Labute approximate surface area is 114 Å². The van der Waals surface area contributed by atoms with Crippen molar-refractivity contribution < 1.29 is 0 Å². The first kappa shape index (κ1) is 13.6. The van der Waals surface area contributed by atoms with Crippen molar-refractivity contribution in [2.45, 2.75) is 45.1 Å². The quantitative estimate of drug-likeness (QED) is 0.822. The van der Waals surface area contributed by atoms with Crippen molar-refractivity contribution in [3.05, 3.63) is 40.7 Å². The Kier molecular flexibility index (Phi) is 5.21. The third-order valence-corrected chi connectivity index (χ3v) is 3.74. The van der Waals surface area contributed by atoms with Crippen LogP contribution in [-0.4, -0.2) is 11.5 Å². The zero-order valence-electron chi connectivity index (χ0n) is 11.0. The van der Waals surface area contributed by atoms with Gasteiger partial charge in [-0.2, -0.15) is 0 Å². The lowest BCUT2D eigenvalue weighted by molar-refractivity contribution is 0.577. The molecule has 18 heavy (non-hydrogen) atoms. The third kappa shape index (κ3) is 3.33. The van der Waals surface area contributed by atoms with Gasteiger partial charge in [0, 0.05) is 6.20 Å². The van der Waals surface area contributed by atoms with Gasteiger partial charge >= 0.3 is 0 Å². The van der Waals surface area contributed by atoms with Gasteiger partial charge in [0.2, 0.25) is 0 Å². The Hall–Kier alpha value is -0.860. The molecule has 0 fully saturated rings. The molecule has 1 aromatic heterocycles. The molecule has 0 aromatic carbocycles. The second-order valence-electron chi connectivity index (χ2n) is 4.74. The highest BCUT2D eigenvalue weighted by Crippen LogP contribution is 2.31. The lowest BCUT2D eigenvalue weighted by Crippen LogP contribution is -2.24. The summed E-state index contributed by atoms with van der Waals surface area (Å²) in [5, 5.41) is 4.28. The highest BCUT2D eigenvalue weighted by Gasteiger charge is 2.20. The van der Waals surface area contributed by atoms with E-state index >= 15 is 0 Å². The number of pyridine rings is 1. The fourth-order valence-corrected chi connectivity index (χ4v) is 2.75. The lowest BCUT2D eigenvalue weighted by atomic mass is 9.98. The molecule has 1 heterocycles. The molecule has 98 valence electrons. The van der Waals surface area contributed by atoms with E-state index in [1.165, 1.54) is 31.3 Å². The summed E-state index contributed by atoms with van der Waals surface area (Å²) in [4.78, 5) is 4.47. The van der Waals surface area contributed by atoms with Crippen LogP contribution in [0.2, 0.25) is 5.02 Å². The zero-order valence-corrected chi connectivity index (χ0v) is 11.7. The predicted octanol–water partition coefficient (Wildman–Crippen LogP) is 4.28. The van der Waals surface area contributed by atoms with Gasteiger partial charge in [-0.15, -0.1) is 0 Å².